The van der Waals surface area contributed by atoms with Crippen molar-refractivity contribution in [3.8, 4) is 5.75 Å². The van der Waals surface area contributed by atoms with Crippen LogP contribution in [0.3, 0.4) is 0 Å². The smallest absolute Gasteiger partial charge is 0.118 e. The predicted octanol–water partition coefficient (Wildman–Crippen LogP) is 1.02. The summed E-state index contributed by atoms with van der Waals surface area (Å²) < 4.78 is 33.0. The van der Waals surface area contributed by atoms with Crippen molar-refractivity contribution in [1.82, 2.24) is 0 Å². The van der Waals surface area contributed by atoms with E-state index >= 15 is 0 Å². The zero-order valence-electron chi connectivity index (χ0n) is 6.47. The number of thiol groups is 1. The quantitative estimate of drug-likeness (QED) is 0.609. The van der Waals surface area contributed by atoms with Crippen molar-refractivity contribution in [2.24, 2.45) is 0 Å². The molecular weight excluding hydrogens is 180 g/mol. The number of benzene rings is 1. The van der Waals surface area contributed by atoms with E-state index in [-0.39, 0.29) is 4.90 Å². The molecule has 1 aromatic rings. The van der Waals surface area contributed by atoms with Crippen molar-refractivity contribution in [1.29, 1.82) is 0 Å². The summed E-state index contributed by atoms with van der Waals surface area (Å²) >= 11 is 0. The second-order valence-electron chi connectivity index (χ2n) is 2.24. The molecule has 1 rings (SSSR count). The van der Waals surface area contributed by atoms with Gasteiger partial charge in [-0.3, -0.25) is 0 Å². The van der Waals surface area contributed by atoms with E-state index in [0.29, 0.717) is 5.75 Å². The normalized spacial score (nSPS) is 12.6. The minimum Gasteiger partial charge on any atom is -0.497 e. The summed E-state index contributed by atoms with van der Waals surface area (Å²) in [7, 11) is -2.61. The second kappa shape index (κ2) is 3.22. The van der Waals surface area contributed by atoms with Crippen LogP contribution >= 0.6 is 0 Å². The van der Waals surface area contributed by atoms with E-state index in [4.69, 9.17) is 13.8 Å². The molecule has 0 fully saturated rings. The highest BCUT2D eigenvalue weighted by atomic mass is 32.3. The number of rotatable bonds is 2. The lowest BCUT2D eigenvalue weighted by atomic mass is 10.3. The summed E-state index contributed by atoms with van der Waals surface area (Å²) in [5, 5.41) is 0. The van der Waals surface area contributed by atoms with Gasteiger partial charge in [0.05, 0.1) is 22.5 Å². The third-order valence-corrected chi connectivity index (χ3v) is 2.38. The molecule has 0 atom stereocenters. The fourth-order valence-electron chi connectivity index (χ4n) is 0.776. The maximum Gasteiger partial charge on any atom is 0.118 e. The van der Waals surface area contributed by atoms with Crippen LogP contribution in [0.15, 0.2) is 29.2 Å². The van der Waals surface area contributed by atoms with Crippen LogP contribution in [-0.2, 0) is 10.5 Å². The Labute approximate surface area is 71.3 Å². The van der Waals surface area contributed by atoms with Crippen LogP contribution in [-0.4, -0.2) is 20.4 Å². The minimum atomic E-state index is -4.10. The third-order valence-electron chi connectivity index (χ3n) is 1.41. The van der Waals surface area contributed by atoms with Crippen molar-refractivity contribution in [2.75, 3.05) is 7.11 Å². The van der Waals surface area contributed by atoms with Gasteiger partial charge in [-0.1, -0.05) is 0 Å². The van der Waals surface area contributed by atoms with E-state index in [1.807, 2.05) is 0 Å². The Balaban J connectivity index is 3.01. The van der Waals surface area contributed by atoms with Crippen LogP contribution < -0.4 is 4.74 Å². The van der Waals surface area contributed by atoms with E-state index in [2.05, 4.69) is 0 Å². The molecule has 0 unspecified atom stereocenters. The molecule has 1 aromatic carbocycles. The standard InChI is InChI=1S/C7H10O4S/c1-11-6-2-4-7(5-3-6)12(8,9)10/h2-5,12H,1H3,(H2,8,9,10). The van der Waals surface area contributed by atoms with Crippen LogP contribution in [0, 0.1) is 0 Å². The van der Waals surface area contributed by atoms with Gasteiger partial charge in [-0.25, -0.2) is 4.21 Å². The average Bonchev–Trinajstić information content (AvgIpc) is 2.03. The Bertz CT molecular complexity index is 300. The van der Waals surface area contributed by atoms with Gasteiger partial charge in [0.15, 0.2) is 0 Å². The Hall–Kier alpha value is -0.910. The Morgan fingerprint density at radius 3 is 2.08 bits per heavy atom. The summed E-state index contributed by atoms with van der Waals surface area (Å²) in [5.74, 6) is 0.576. The van der Waals surface area contributed by atoms with Crippen LogP contribution in [0.1, 0.15) is 0 Å². The van der Waals surface area contributed by atoms with Crippen molar-refractivity contribution in [3.05, 3.63) is 24.3 Å². The van der Waals surface area contributed by atoms with E-state index < -0.39 is 10.5 Å². The van der Waals surface area contributed by atoms with Crippen LogP contribution in [0.5, 0.6) is 5.75 Å². The molecule has 0 bridgehead atoms. The largest absolute Gasteiger partial charge is 0.497 e. The van der Waals surface area contributed by atoms with Gasteiger partial charge in [-0.05, 0) is 24.3 Å². The lowest BCUT2D eigenvalue weighted by Gasteiger charge is -2.10. The van der Waals surface area contributed by atoms with Gasteiger partial charge in [0.25, 0.3) is 0 Å². The lowest BCUT2D eigenvalue weighted by molar-refractivity contribution is 0.412. The van der Waals surface area contributed by atoms with Crippen LogP contribution in [0.2, 0.25) is 0 Å². The highest BCUT2D eigenvalue weighted by Gasteiger charge is 2.06. The highest BCUT2D eigenvalue weighted by molar-refractivity contribution is 7.92. The molecule has 68 valence electrons. The molecule has 0 saturated heterocycles. The molecule has 5 heteroatoms. The van der Waals surface area contributed by atoms with E-state index in [0.717, 1.165) is 0 Å². The second-order valence-corrected chi connectivity index (χ2v) is 3.85. The van der Waals surface area contributed by atoms with Crippen molar-refractivity contribution in [3.63, 3.8) is 0 Å². The molecule has 0 saturated carbocycles. The fraction of sp³-hybridized carbons (Fsp3) is 0.143. The van der Waals surface area contributed by atoms with Gasteiger partial charge < -0.3 is 13.8 Å². The first kappa shape index (κ1) is 9.18. The van der Waals surface area contributed by atoms with E-state index in [9.17, 15) is 4.21 Å². The maximum atomic E-state index is 10.7. The molecule has 12 heavy (non-hydrogen) atoms. The zero-order chi connectivity index (χ0) is 9.19. The number of ether oxygens (including phenoxy) is 1. The molecule has 0 spiro atoms. The number of methoxy groups -OCH3 is 1. The maximum absolute atomic E-state index is 10.7. The Kier molecular flexibility index (Phi) is 2.46. The lowest BCUT2D eigenvalue weighted by Crippen LogP contribution is -2.07. The predicted molar refractivity (Wildman–Crippen MR) is 46.1 cm³/mol. The van der Waals surface area contributed by atoms with Crippen LogP contribution in [0.4, 0.5) is 0 Å². The summed E-state index contributed by atoms with van der Waals surface area (Å²) in [4.78, 5) is 0.00306. The SMILES string of the molecule is COc1ccc([SH](=O)(O)O)cc1. The molecule has 2 N–H and O–H groups in total. The van der Waals surface area contributed by atoms with Gasteiger partial charge in [-0.2, -0.15) is 0 Å². The summed E-state index contributed by atoms with van der Waals surface area (Å²) in [6.07, 6.45) is 0. The topological polar surface area (TPSA) is 66.8 Å². The molecule has 4 nitrogen and oxygen atoms in total. The monoisotopic (exact) mass is 190 g/mol. The molecule has 0 aromatic heterocycles. The van der Waals surface area contributed by atoms with Gasteiger partial charge >= 0.3 is 0 Å². The Morgan fingerprint density at radius 1 is 1.25 bits per heavy atom. The third kappa shape index (κ3) is 2.04. The first-order valence-electron chi connectivity index (χ1n) is 3.24. The summed E-state index contributed by atoms with van der Waals surface area (Å²) in [6, 6.07) is 5.71. The molecule has 0 amide bonds. The molecule has 0 radical (unpaired) electrons. The van der Waals surface area contributed by atoms with E-state index in [1.165, 1.54) is 31.4 Å². The van der Waals surface area contributed by atoms with Crippen LogP contribution in [0.25, 0.3) is 0 Å². The first-order valence-corrected chi connectivity index (χ1v) is 4.85. The van der Waals surface area contributed by atoms with Gasteiger partial charge in [-0.15, -0.1) is 0 Å². The van der Waals surface area contributed by atoms with Crippen molar-refractivity contribution in [2.45, 2.75) is 4.90 Å². The summed E-state index contributed by atoms with van der Waals surface area (Å²) in [5.41, 5.74) is 0. The summed E-state index contributed by atoms with van der Waals surface area (Å²) in [6.45, 7) is 0. The zero-order valence-corrected chi connectivity index (χ0v) is 7.36. The molecule has 0 aliphatic heterocycles. The fourth-order valence-corrected chi connectivity index (χ4v) is 1.31. The number of hydrogen-bond donors (Lipinski definition) is 3. The van der Waals surface area contributed by atoms with Crippen molar-refractivity contribution >= 4 is 10.5 Å². The van der Waals surface area contributed by atoms with Crippen molar-refractivity contribution < 1.29 is 18.1 Å². The highest BCUT2D eigenvalue weighted by Crippen LogP contribution is 2.17. The van der Waals surface area contributed by atoms with Gasteiger partial charge in [0, 0.05) is 0 Å². The first-order chi connectivity index (χ1) is 5.54. The molecule has 0 aliphatic carbocycles. The minimum absolute atomic E-state index is 0.00306. The molecular formula is C7H10O4S. The van der Waals surface area contributed by atoms with Gasteiger partial charge in [0.2, 0.25) is 0 Å². The Morgan fingerprint density at radius 2 is 1.75 bits per heavy atom. The molecule has 0 heterocycles. The van der Waals surface area contributed by atoms with Gasteiger partial charge in [0.1, 0.15) is 5.75 Å². The number of hydrogen-bond acceptors (Lipinski definition) is 2. The average molecular weight is 190 g/mol. The molecule has 0 aliphatic rings. The van der Waals surface area contributed by atoms with E-state index in [1.54, 1.807) is 0 Å².